The van der Waals surface area contributed by atoms with Crippen molar-refractivity contribution in [1.29, 1.82) is 0 Å². The van der Waals surface area contributed by atoms with E-state index in [-0.39, 0.29) is 0 Å². The molecule has 13 nitrogen and oxygen atoms in total. The van der Waals surface area contributed by atoms with Gasteiger partial charge in [0.15, 0.2) is 0 Å². The molecule has 1 aliphatic heterocycles. The van der Waals surface area contributed by atoms with Crippen molar-refractivity contribution < 1.29 is 39.0 Å². The summed E-state index contributed by atoms with van der Waals surface area (Å²) in [4.78, 5) is 72.6. The quantitative estimate of drug-likeness (QED) is 0.164. The van der Waals surface area contributed by atoms with E-state index in [9.17, 15) is 28.8 Å². The third-order valence-corrected chi connectivity index (χ3v) is 5.46. The first-order valence-corrected chi connectivity index (χ1v) is 11.3. The number of amides is 4. The third-order valence-electron chi connectivity index (χ3n) is 4.82. The van der Waals surface area contributed by atoms with Gasteiger partial charge in [-0.1, -0.05) is 0 Å². The van der Waals surface area contributed by atoms with Gasteiger partial charge < -0.3 is 37.2 Å². The predicted molar refractivity (Wildman–Crippen MR) is 113 cm³/mol. The fourth-order valence-corrected chi connectivity index (χ4v) is 3.70. The number of aliphatic carboxylic acids is 2. The van der Waals surface area contributed by atoms with Gasteiger partial charge in [-0.05, 0) is 31.3 Å². The van der Waals surface area contributed by atoms with Crippen molar-refractivity contribution in [3.63, 3.8) is 0 Å². The lowest BCUT2D eigenvalue weighted by Gasteiger charge is -2.28. The van der Waals surface area contributed by atoms with E-state index in [0.29, 0.717) is 31.6 Å². The summed E-state index contributed by atoms with van der Waals surface area (Å²) < 4.78 is 0. The Kier molecular flexibility index (Phi) is 10.9. The van der Waals surface area contributed by atoms with Crippen molar-refractivity contribution in [3.8, 4) is 0 Å². The highest BCUT2D eigenvalue weighted by Gasteiger charge is 2.38. The normalized spacial score (nSPS) is 18.3. The highest BCUT2D eigenvalue weighted by Crippen LogP contribution is 2.19. The summed E-state index contributed by atoms with van der Waals surface area (Å²) in [6.45, 7) is 0.291. The minimum absolute atomic E-state index is 0.291. The maximum atomic E-state index is 12.8. The van der Waals surface area contributed by atoms with Gasteiger partial charge in [0.1, 0.15) is 18.1 Å². The number of carbonyl (C=O) groups excluding carboxylic acids is 4. The molecule has 0 aromatic rings. The fraction of sp³-hybridized carbons (Fsp3) is 0.667. The van der Waals surface area contributed by atoms with E-state index in [1.807, 2.05) is 11.6 Å². The Morgan fingerprint density at radius 1 is 1.09 bits per heavy atom. The smallest absolute Gasteiger partial charge is 0.326 e. The van der Waals surface area contributed by atoms with Crippen LogP contribution in [0.15, 0.2) is 0 Å². The highest BCUT2D eigenvalue weighted by molar-refractivity contribution is 7.98. The van der Waals surface area contributed by atoms with E-state index in [2.05, 4.69) is 5.32 Å². The van der Waals surface area contributed by atoms with E-state index in [0.717, 1.165) is 0 Å². The molecular formula is C18H29N5O8S. The number of carboxylic acids is 2. The van der Waals surface area contributed by atoms with Gasteiger partial charge in [-0.3, -0.25) is 24.0 Å². The Morgan fingerprint density at radius 3 is 2.28 bits per heavy atom. The fourth-order valence-electron chi connectivity index (χ4n) is 3.21. The van der Waals surface area contributed by atoms with Crippen LogP contribution in [0.1, 0.15) is 32.1 Å². The van der Waals surface area contributed by atoms with Crippen molar-refractivity contribution >= 4 is 47.3 Å². The average Bonchev–Trinajstić information content (AvgIpc) is 3.19. The molecule has 0 aliphatic carbocycles. The minimum atomic E-state index is -1.69. The Bertz CT molecular complexity index is 749. The summed E-state index contributed by atoms with van der Waals surface area (Å²) in [7, 11) is 0. The van der Waals surface area contributed by atoms with Crippen molar-refractivity contribution in [2.75, 3.05) is 18.6 Å². The molecular weight excluding hydrogens is 446 g/mol. The van der Waals surface area contributed by atoms with Gasteiger partial charge in [-0.15, -0.1) is 0 Å². The van der Waals surface area contributed by atoms with Gasteiger partial charge in [0, 0.05) is 6.54 Å². The zero-order chi connectivity index (χ0) is 24.4. The molecule has 0 spiro atoms. The first kappa shape index (κ1) is 27.2. The van der Waals surface area contributed by atoms with E-state index in [4.69, 9.17) is 21.7 Å². The molecule has 0 bridgehead atoms. The lowest BCUT2D eigenvalue weighted by molar-refractivity contribution is -0.145. The van der Waals surface area contributed by atoms with Crippen LogP contribution in [0.25, 0.3) is 0 Å². The summed E-state index contributed by atoms with van der Waals surface area (Å²) in [5.74, 6) is -5.58. The van der Waals surface area contributed by atoms with Crippen LogP contribution in [0.3, 0.4) is 0 Å². The molecule has 1 heterocycles. The van der Waals surface area contributed by atoms with E-state index in [1.165, 1.54) is 16.7 Å². The van der Waals surface area contributed by atoms with Crippen LogP contribution in [-0.2, 0) is 28.8 Å². The van der Waals surface area contributed by atoms with Crippen LogP contribution in [0, 0.1) is 0 Å². The second-order valence-electron chi connectivity index (χ2n) is 7.31. The summed E-state index contributed by atoms with van der Waals surface area (Å²) in [5, 5.41) is 22.5. The van der Waals surface area contributed by atoms with E-state index < -0.39 is 72.6 Å². The van der Waals surface area contributed by atoms with E-state index in [1.54, 1.807) is 0 Å². The SMILES string of the molecule is CSCCC(N)C(=O)N1CCCC1C(=O)NC(CC(=O)O)C(=O)NC(CC(N)=O)C(=O)O. The number of nitrogens with two attached hydrogens (primary N) is 2. The number of primary amides is 1. The summed E-state index contributed by atoms with van der Waals surface area (Å²) in [6, 6.07) is -5.04. The molecule has 32 heavy (non-hydrogen) atoms. The largest absolute Gasteiger partial charge is 0.481 e. The molecule has 0 aromatic carbocycles. The summed E-state index contributed by atoms with van der Waals surface area (Å²) >= 11 is 1.52. The number of hydrogen-bond acceptors (Lipinski definition) is 8. The van der Waals surface area contributed by atoms with Crippen LogP contribution in [0.2, 0.25) is 0 Å². The number of carbonyl (C=O) groups is 6. The van der Waals surface area contributed by atoms with Crippen LogP contribution in [0.5, 0.6) is 0 Å². The average molecular weight is 476 g/mol. The molecule has 1 aliphatic rings. The van der Waals surface area contributed by atoms with Gasteiger partial charge in [0.2, 0.25) is 23.6 Å². The molecule has 14 heteroatoms. The number of nitrogens with zero attached hydrogens (tertiary/aromatic N) is 1. The van der Waals surface area contributed by atoms with Crippen LogP contribution >= 0.6 is 11.8 Å². The van der Waals surface area contributed by atoms with Gasteiger partial charge in [0.05, 0.1) is 18.9 Å². The van der Waals surface area contributed by atoms with Crippen LogP contribution in [-0.4, -0.2) is 93.4 Å². The van der Waals surface area contributed by atoms with Gasteiger partial charge >= 0.3 is 11.9 Å². The first-order chi connectivity index (χ1) is 15.0. The van der Waals surface area contributed by atoms with Crippen LogP contribution in [0.4, 0.5) is 0 Å². The lowest BCUT2D eigenvalue weighted by atomic mass is 10.1. The molecule has 180 valence electrons. The number of rotatable bonds is 13. The molecule has 0 radical (unpaired) electrons. The monoisotopic (exact) mass is 475 g/mol. The molecule has 4 amide bonds. The molecule has 0 aromatic heterocycles. The Morgan fingerprint density at radius 2 is 1.75 bits per heavy atom. The second kappa shape index (κ2) is 12.9. The molecule has 4 unspecified atom stereocenters. The lowest BCUT2D eigenvalue weighted by Crippen LogP contribution is -2.57. The van der Waals surface area contributed by atoms with Crippen molar-refractivity contribution in [2.45, 2.75) is 56.3 Å². The minimum Gasteiger partial charge on any atom is -0.481 e. The molecule has 1 saturated heterocycles. The first-order valence-electron chi connectivity index (χ1n) is 9.86. The maximum absolute atomic E-state index is 12.8. The number of nitrogens with one attached hydrogen (secondary N) is 2. The van der Waals surface area contributed by atoms with Crippen molar-refractivity contribution in [3.05, 3.63) is 0 Å². The number of thioether (sulfide) groups is 1. The molecule has 4 atom stereocenters. The Balaban J connectivity index is 2.91. The zero-order valence-electron chi connectivity index (χ0n) is 17.6. The van der Waals surface area contributed by atoms with Crippen molar-refractivity contribution in [2.24, 2.45) is 11.5 Å². The van der Waals surface area contributed by atoms with Gasteiger partial charge in [0.25, 0.3) is 0 Å². The van der Waals surface area contributed by atoms with Gasteiger partial charge in [-0.25, -0.2) is 4.79 Å². The Hall–Kier alpha value is -2.87. The summed E-state index contributed by atoms with van der Waals surface area (Å²) in [5.41, 5.74) is 10.9. The molecule has 8 N–H and O–H groups in total. The predicted octanol–water partition coefficient (Wildman–Crippen LogP) is -2.54. The summed E-state index contributed by atoms with van der Waals surface area (Å²) in [6.07, 6.45) is 1.56. The number of likely N-dealkylation sites (tertiary alicyclic amines) is 1. The zero-order valence-corrected chi connectivity index (χ0v) is 18.4. The van der Waals surface area contributed by atoms with Crippen molar-refractivity contribution in [1.82, 2.24) is 15.5 Å². The molecule has 0 saturated carbocycles. The number of hydrogen-bond donors (Lipinski definition) is 6. The maximum Gasteiger partial charge on any atom is 0.326 e. The van der Waals surface area contributed by atoms with Gasteiger partial charge in [-0.2, -0.15) is 11.8 Å². The number of carboxylic acid groups (broad SMARTS) is 2. The Labute approximate surface area is 188 Å². The third kappa shape index (κ3) is 8.34. The molecule has 1 rings (SSSR count). The van der Waals surface area contributed by atoms with E-state index >= 15 is 0 Å². The molecule has 1 fully saturated rings. The second-order valence-corrected chi connectivity index (χ2v) is 8.29. The standard InChI is InChI=1S/C18H29N5O8S/c1-32-6-4-9(19)17(29)23-5-2-3-12(23)16(28)21-10(8-14(25)26)15(27)22-11(18(30)31)7-13(20)24/h9-12H,2-8,19H2,1H3,(H2,20,24)(H,21,28)(H,22,27)(H,25,26)(H,30,31). The van der Waals surface area contributed by atoms with Crippen LogP contribution < -0.4 is 22.1 Å². The topological polar surface area (TPSA) is 222 Å². The highest BCUT2D eigenvalue weighted by atomic mass is 32.2.